The molecular formula is C17H22FN5O3S. The summed E-state index contributed by atoms with van der Waals surface area (Å²) < 4.78 is 47.1. The Morgan fingerprint density at radius 1 is 1.07 bits per heavy atom. The molecule has 0 atom stereocenters. The predicted octanol–water partition coefficient (Wildman–Crippen LogP) is 1.22. The first-order valence-corrected chi connectivity index (χ1v) is 9.81. The standard InChI is InChI=1S/C17H22FN5O3S/c1-21(2)27(24,25)23-10-8-22(9-11-23)17-15(18)16(19-12-20-17)13-4-6-14(26-3)7-5-13/h4-7,12H,8-11H2,1-3H3. The molecule has 0 saturated carbocycles. The second-order valence-electron chi connectivity index (χ2n) is 6.26. The number of rotatable bonds is 5. The number of ether oxygens (including phenoxy) is 1. The first kappa shape index (κ1) is 19.5. The molecule has 1 fully saturated rings. The summed E-state index contributed by atoms with van der Waals surface area (Å²) in [6, 6.07) is 6.94. The van der Waals surface area contributed by atoms with Crippen LogP contribution in [0.4, 0.5) is 10.2 Å². The normalized spacial score (nSPS) is 16.0. The zero-order valence-electron chi connectivity index (χ0n) is 15.5. The van der Waals surface area contributed by atoms with Crippen molar-refractivity contribution >= 4 is 16.0 Å². The van der Waals surface area contributed by atoms with Gasteiger partial charge in [0.25, 0.3) is 10.2 Å². The van der Waals surface area contributed by atoms with Crippen LogP contribution in [0.1, 0.15) is 0 Å². The van der Waals surface area contributed by atoms with E-state index in [1.807, 2.05) is 0 Å². The van der Waals surface area contributed by atoms with Crippen molar-refractivity contribution in [3.8, 4) is 17.0 Å². The molecule has 1 saturated heterocycles. The summed E-state index contributed by atoms with van der Waals surface area (Å²) in [5, 5.41) is 0. The van der Waals surface area contributed by atoms with E-state index in [4.69, 9.17) is 4.74 Å². The Morgan fingerprint density at radius 2 is 1.70 bits per heavy atom. The van der Waals surface area contributed by atoms with E-state index in [1.165, 1.54) is 29.0 Å². The third-order valence-electron chi connectivity index (χ3n) is 4.46. The molecule has 1 aliphatic heterocycles. The van der Waals surface area contributed by atoms with Crippen LogP contribution in [0.15, 0.2) is 30.6 Å². The fraction of sp³-hybridized carbons (Fsp3) is 0.412. The summed E-state index contributed by atoms with van der Waals surface area (Å²) in [4.78, 5) is 9.89. The minimum Gasteiger partial charge on any atom is -0.497 e. The van der Waals surface area contributed by atoms with Crippen molar-refractivity contribution in [3.05, 3.63) is 36.4 Å². The molecular weight excluding hydrogens is 373 g/mol. The van der Waals surface area contributed by atoms with Crippen molar-refractivity contribution < 1.29 is 17.5 Å². The summed E-state index contributed by atoms with van der Waals surface area (Å²) >= 11 is 0. The summed E-state index contributed by atoms with van der Waals surface area (Å²) in [6.45, 7) is 1.23. The Morgan fingerprint density at radius 3 is 2.26 bits per heavy atom. The molecule has 0 spiro atoms. The summed E-state index contributed by atoms with van der Waals surface area (Å²) in [5.74, 6) is 0.330. The van der Waals surface area contributed by atoms with Crippen LogP contribution in [0, 0.1) is 5.82 Å². The van der Waals surface area contributed by atoms with Gasteiger partial charge in [0.2, 0.25) is 0 Å². The Bertz CT molecular complexity index is 897. The van der Waals surface area contributed by atoms with E-state index in [0.717, 1.165) is 0 Å². The van der Waals surface area contributed by atoms with Crippen LogP contribution in [0.5, 0.6) is 5.75 Å². The van der Waals surface area contributed by atoms with Gasteiger partial charge in [0.05, 0.1) is 7.11 Å². The molecule has 0 unspecified atom stereocenters. The van der Waals surface area contributed by atoms with E-state index in [9.17, 15) is 8.42 Å². The number of hydrogen-bond donors (Lipinski definition) is 0. The smallest absolute Gasteiger partial charge is 0.281 e. The van der Waals surface area contributed by atoms with Crippen molar-refractivity contribution in [2.24, 2.45) is 0 Å². The average molecular weight is 395 g/mol. The lowest BCUT2D eigenvalue weighted by atomic mass is 10.1. The van der Waals surface area contributed by atoms with Gasteiger partial charge in [-0.1, -0.05) is 0 Å². The third kappa shape index (κ3) is 3.87. The van der Waals surface area contributed by atoms with Crippen LogP contribution in [-0.2, 0) is 10.2 Å². The molecule has 0 N–H and O–H groups in total. The van der Waals surface area contributed by atoms with E-state index >= 15 is 4.39 Å². The largest absolute Gasteiger partial charge is 0.497 e. The molecule has 3 rings (SSSR count). The van der Waals surface area contributed by atoms with Crippen LogP contribution in [-0.4, -0.2) is 74.4 Å². The Labute approximate surface area is 158 Å². The van der Waals surface area contributed by atoms with E-state index in [2.05, 4.69) is 9.97 Å². The van der Waals surface area contributed by atoms with Crippen LogP contribution in [0.3, 0.4) is 0 Å². The highest BCUT2D eigenvalue weighted by atomic mass is 32.2. The van der Waals surface area contributed by atoms with Gasteiger partial charge in [0, 0.05) is 45.8 Å². The summed E-state index contributed by atoms with van der Waals surface area (Å²) in [6.07, 6.45) is 1.32. The molecule has 0 amide bonds. The predicted molar refractivity (Wildman–Crippen MR) is 100 cm³/mol. The quantitative estimate of drug-likeness (QED) is 0.758. The van der Waals surface area contributed by atoms with Crippen molar-refractivity contribution in [2.75, 3.05) is 52.3 Å². The monoisotopic (exact) mass is 395 g/mol. The fourth-order valence-corrected chi connectivity index (χ4v) is 3.98. The lowest BCUT2D eigenvalue weighted by Gasteiger charge is -2.35. The minimum atomic E-state index is -3.47. The lowest BCUT2D eigenvalue weighted by Crippen LogP contribution is -2.52. The van der Waals surface area contributed by atoms with Gasteiger partial charge in [0.1, 0.15) is 17.8 Å². The number of methoxy groups -OCH3 is 1. The molecule has 1 aliphatic rings. The molecule has 0 bridgehead atoms. The van der Waals surface area contributed by atoms with Crippen LogP contribution >= 0.6 is 0 Å². The molecule has 8 nitrogen and oxygen atoms in total. The topological polar surface area (TPSA) is 78.9 Å². The number of halogens is 1. The highest BCUT2D eigenvalue weighted by molar-refractivity contribution is 7.86. The van der Waals surface area contributed by atoms with E-state index in [0.29, 0.717) is 24.4 Å². The van der Waals surface area contributed by atoms with Crippen molar-refractivity contribution in [3.63, 3.8) is 0 Å². The number of piperazine rings is 1. The number of aromatic nitrogens is 2. The van der Waals surface area contributed by atoms with Crippen LogP contribution < -0.4 is 9.64 Å². The SMILES string of the molecule is COc1ccc(-c2ncnc(N3CCN(S(=O)(=O)N(C)C)CC3)c2F)cc1. The van der Waals surface area contributed by atoms with Crippen molar-refractivity contribution in [1.29, 1.82) is 0 Å². The van der Waals surface area contributed by atoms with Gasteiger partial charge in [-0.25, -0.2) is 14.4 Å². The molecule has 1 aromatic heterocycles. The maximum absolute atomic E-state index is 15.0. The first-order valence-electron chi connectivity index (χ1n) is 8.42. The third-order valence-corrected chi connectivity index (χ3v) is 6.40. The van der Waals surface area contributed by atoms with E-state index < -0.39 is 16.0 Å². The molecule has 27 heavy (non-hydrogen) atoms. The van der Waals surface area contributed by atoms with Gasteiger partial charge in [-0.05, 0) is 24.3 Å². The van der Waals surface area contributed by atoms with E-state index in [-0.39, 0.29) is 24.6 Å². The Balaban J connectivity index is 1.81. The number of benzene rings is 1. The van der Waals surface area contributed by atoms with Gasteiger partial charge < -0.3 is 9.64 Å². The molecule has 2 heterocycles. The number of hydrogen-bond acceptors (Lipinski definition) is 6. The molecule has 146 valence electrons. The zero-order valence-corrected chi connectivity index (χ0v) is 16.3. The maximum Gasteiger partial charge on any atom is 0.281 e. The fourth-order valence-electron chi connectivity index (χ4n) is 2.89. The maximum atomic E-state index is 15.0. The highest BCUT2D eigenvalue weighted by Gasteiger charge is 2.30. The van der Waals surface area contributed by atoms with Gasteiger partial charge in [-0.3, -0.25) is 0 Å². The first-order chi connectivity index (χ1) is 12.8. The highest BCUT2D eigenvalue weighted by Crippen LogP contribution is 2.28. The van der Waals surface area contributed by atoms with Crippen LogP contribution in [0.2, 0.25) is 0 Å². The summed E-state index contributed by atoms with van der Waals surface area (Å²) in [7, 11) is 1.08. The molecule has 1 aromatic carbocycles. The average Bonchev–Trinajstić information content (AvgIpc) is 2.68. The molecule has 0 aliphatic carbocycles. The Hall–Kier alpha value is -2.30. The van der Waals surface area contributed by atoms with Gasteiger partial charge in [-0.2, -0.15) is 17.0 Å². The zero-order chi connectivity index (χ0) is 19.6. The number of nitrogens with zero attached hydrogens (tertiary/aromatic N) is 5. The van der Waals surface area contributed by atoms with Crippen molar-refractivity contribution in [1.82, 2.24) is 18.6 Å². The molecule has 2 aromatic rings. The van der Waals surface area contributed by atoms with E-state index in [1.54, 1.807) is 36.3 Å². The molecule has 0 radical (unpaired) electrons. The number of anilines is 1. The minimum absolute atomic E-state index is 0.178. The second kappa shape index (κ2) is 7.75. The summed E-state index contributed by atoms with van der Waals surface area (Å²) in [5.41, 5.74) is 0.816. The molecule has 10 heteroatoms. The van der Waals surface area contributed by atoms with Gasteiger partial charge in [-0.15, -0.1) is 0 Å². The van der Waals surface area contributed by atoms with Crippen LogP contribution in [0.25, 0.3) is 11.3 Å². The second-order valence-corrected chi connectivity index (χ2v) is 8.41. The van der Waals surface area contributed by atoms with Gasteiger partial charge in [0.15, 0.2) is 11.6 Å². The van der Waals surface area contributed by atoms with Crippen molar-refractivity contribution in [2.45, 2.75) is 0 Å². The van der Waals surface area contributed by atoms with Gasteiger partial charge >= 0.3 is 0 Å². The Kier molecular flexibility index (Phi) is 5.59. The lowest BCUT2D eigenvalue weighted by molar-refractivity contribution is 0.353.